The van der Waals surface area contributed by atoms with Gasteiger partial charge in [0.15, 0.2) is 5.96 Å². The van der Waals surface area contributed by atoms with E-state index >= 15 is 0 Å². The molecule has 0 bridgehead atoms. The molecule has 0 saturated carbocycles. The fraction of sp³-hybridized carbons (Fsp3) is 0.222. The number of hydrogen-bond acceptors (Lipinski definition) is 4. The molecule has 1 unspecified atom stereocenters. The van der Waals surface area contributed by atoms with E-state index in [0.29, 0.717) is 5.02 Å². The molecule has 1 atom stereocenters. The molecular formula is C18H18ClN3O2. The van der Waals surface area contributed by atoms with E-state index in [0.717, 1.165) is 16.7 Å². The van der Waals surface area contributed by atoms with Gasteiger partial charge in [-0.15, -0.1) is 0 Å². The van der Waals surface area contributed by atoms with Crippen molar-refractivity contribution >= 4 is 23.5 Å². The summed E-state index contributed by atoms with van der Waals surface area (Å²) in [5, 5.41) is 10.0. The molecule has 1 aliphatic rings. The van der Waals surface area contributed by atoms with Gasteiger partial charge in [-0.25, -0.2) is 4.99 Å². The standard InChI is InChI=1S/C18H18ClN3O2/c1-18(10-16(24)22(2)17(20)21-18)12-5-8-15(19)14(9-12)11-3-6-13(23)7-4-11/h3-9,23H,10H2,1-2H3,(H2,20,21). The molecule has 2 aromatic carbocycles. The van der Waals surface area contributed by atoms with E-state index in [1.54, 1.807) is 37.4 Å². The van der Waals surface area contributed by atoms with Crippen LogP contribution in [0.25, 0.3) is 11.1 Å². The van der Waals surface area contributed by atoms with Crippen LogP contribution >= 0.6 is 11.6 Å². The summed E-state index contributed by atoms with van der Waals surface area (Å²) in [7, 11) is 1.62. The summed E-state index contributed by atoms with van der Waals surface area (Å²) in [4.78, 5) is 18.0. The molecule has 1 amide bonds. The summed E-state index contributed by atoms with van der Waals surface area (Å²) < 4.78 is 0. The lowest BCUT2D eigenvalue weighted by Gasteiger charge is -2.34. The number of nitrogens with two attached hydrogens (primary N) is 1. The molecule has 0 aliphatic carbocycles. The summed E-state index contributed by atoms with van der Waals surface area (Å²) >= 11 is 6.34. The Kier molecular flexibility index (Phi) is 3.97. The highest BCUT2D eigenvalue weighted by molar-refractivity contribution is 6.33. The van der Waals surface area contributed by atoms with Crippen LogP contribution in [-0.4, -0.2) is 28.9 Å². The van der Waals surface area contributed by atoms with Crippen molar-refractivity contribution < 1.29 is 9.90 Å². The maximum absolute atomic E-state index is 12.2. The van der Waals surface area contributed by atoms with Crippen LogP contribution in [0.15, 0.2) is 47.5 Å². The molecule has 6 heteroatoms. The molecular weight excluding hydrogens is 326 g/mol. The van der Waals surface area contributed by atoms with E-state index in [9.17, 15) is 9.90 Å². The Morgan fingerprint density at radius 3 is 2.54 bits per heavy atom. The van der Waals surface area contributed by atoms with Crippen molar-refractivity contribution in [1.82, 2.24) is 4.90 Å². The Morgan fingerprint density at radius 2 is 1.92 bits per heavy atom. The van der Waals surface area contributed by atoms with Gasteiger partial charge < -0.3 is 10.8 Å². The quantitative estimate of drug-likeness (QED) is 0.879. The molecule has 3 rings (SSSR count). The number of nitrogens with zero attached hydrogens (tertiary/aromatic N) is 2. The SMILES string of the molecule is CN1C(=O)CC(C)(c2ccc(Cl)c(-c3ccc(O)cc3)c2)N=C1N. The maximum atomic E-state index is 12.2. The molecule has 0 radical (unpaired) electrons. The number of hydrogen-bond donors (Lipinski definition) is 2. The second-order valence-corrected chi connectivity index (χ2v) is 6.52. The van der Waals surface area contributed by atoms with Gasteiger partial charge in [0.2, 0.25) is 5.91 Å². The average Bonchev–Trinajstić information content (AvgIpc) is 2.54. The third kappa shape index (κ3) is 2.83. The molecule has 2 aromatic rings. The summed E-state index contributed by atoms with van der Waals surface area (Å²) in [6.07, 6.45) is 0.237. The second kappa shape index (κ2) is 5.83. The van der Waals surface area contributed by atoms with Crippen molar-refractivity contribution in [1.29, 1.82) is 0 Å². The zero-order valence-corrected chi connectivity index (χ0v) is 14.2. The smallest absolute Gasteiger partial charge is 0.231 e. The molecule has 5 nitrogen and oxygen atoms in total. The van der Waals surface area contributed by atoms with E-state index in [1.807, 2.05) is 19.1 Å². The maximum Gasteiger partial charge on any atom is 0.231 e. The van der Waals surface area contributed by atoms with Crippen LogP contribution in [0.4, 0.5) is 0 Å². The Bertz CT molecular complexity index is 833. The first-order valence-corrected chi connectivity index (χ1v) is 7.89. The minimum atomic E-state index is -0.732. The topological polar surface area (TPSA) is 78.9 Å². The number of carbonyl (C=O) groups is 1. The van der Waals surface area contributed by atoms with Crippen molar-refractivity contribution in [3.05, 3.63) is 53.1 Å². The summed E-state index contributed by atoms with van der Waals surface area (Å²) in [6.45, 7) is 1.88. The molecule has 0 spiro atoms. The van der Waals surface area contributed by atoms with E-state index in [-0.39, 0.29) is 24.0 Å². The second-order valence-electron chi connectivity index (χ2n) is 6.11. The zero-order valence-electron chi connectivity index (χ0n) is 13.5. The molecule has 0 fully saturated rings. The van der Waals surface area contributed by atoms with Crippen LogP contribution in [0.3, 0.4) is 0 Å². The van der Waals surface area contributed by atoms with Gasteiger partial charge in [-0.05, 0) is 42.3 Å². The number of rotatable bonds is 2. The number of phenolic OH excluding ortho intramolecular Hbond substituents is 1. The molecule has 24 heavy (non-hydrogen) atoms. The van der Waals surface area contributed by atoms with Crippen LogP contribution in [0.1, 0.15) is 18.9 Å². The zero-order chi connectivity index (χ0) is 17.5. The first-order chi connectivity index (χ1) is 11.3. The van der Waals surface area contributed by atoms with Gasteiger partial charge >= 0.3 is 0 Å². The Hall–Kier alpha value is -2.53. The van der Waals surface area contributed by atoms with Gasteiger partial charge in [-0.2, -0.15) is 0 Å². The monoisotopic (exact) mass is 343 g/mol. The number of benzene rings is 2. The lowest BCUT2D eigenvalue weighted by Crippen LogP contribution is -2.47. The number of carbonyl (C=O) groups excluding carboxylic acids is 1. The Morgan fingerprint density at radius 1 is 1.25 bits per heavy atom. The first-order valence-electron chi connectivity index (χ1n) is 7.51. The number of aromatic hydroxyl groups is 1. The van der Waals surface area contributed by atoms with Crippen LogP contribution in [0, 0.1) is 0 Å². The van der Waals surface area contributed by atoms with E-state index in [4.69, 9.17) is 17.3 Å². The van der Waals surface area contributed by atoms with E-state index in [1.165, 1.54) is 4.90 Å². The van der Waals surface area contributed by atoms with Gasteiger partial charge in [0, 0.05) is 17.6 Å². The summed E-state index contributed by atoms with van der Waals surface area (Å²) in [5.41, 5.74) is 7.70. The van der Waals surface area contributed by atoms with Gasteiger partial charge in [-0.3, -0.25) is 9.69 Å². The van der Waals surface area contributed by atoms with Crippen molar-refractivity contribution in [3.8, 4) is 16.9 Å². The fourth-order valence-corrected chi connectivity index (χ4v) is 3.02. The molecule has 0 saturated heterocycles. The van der Waals surface area contributed by atoms with Gasteiger partial charge in [-0.1, -0.05) is 29.8 Å². The highest BCUT2D eigenvalue weighted by atomic mass is 35.5. The van der Waals surface area contributed by atoms with Crippen molar-refractivity contribution in [2.75, 3.05) is 7.05 Å². The van der Waals surface area contributed by atoms with Gasteiger partial charge in [0.05, 0.1) is 12.0 Å². The lowest BCUT2D eigenvalue weighted by molar-refractivity contribution is -0.128. The largest absolute Gasteiger partial charge is 0.508 e. The molecule has 1 heterocycles. The minimum absolute atomic E-state index is 0.0777. The molecule has 1 aliphatic heterocycles. The van der Waals surface area contributed by atoms with Crippen LogP contribution in [-0.2, 0) is 10.3 Å². The summed E-state index contributed by atoms with van der Waals surface area (Å²) in [6, 6.07) is 12.4. The van der Waals surface area contributed by atoms with E-state index in [2.05, 4.69) is 4.99 Å². The van der Waals surface area contributed by atoms with Crippen LogP contribution in [0.2, 0.25) is 5.02 Å². The Balaban J connectivity index is 2.09. The summed E-state index contributed by atoms with van der Waals surface area (Å²) in [5.74, 6) is 0.317. The van der Waals surface area contributed by atoms with Crippen molar-refractivity contribution in [2.45, 2.75) is 18.9 Å². The van der Waals surface area contributed by atoms with Crippen molar-refractivity contribution in [3.63, 3.8) is 0 Å². The number of phenols is 1. The molecule has 0 aromatic heterocycles. The lowest BCUT2D eigenvalue weighted by atomic mass is 9.86. The Labute approximate surface area is 145 Å². The number of amides is 1. The van der Waals surface area contributed by atoms with Crippen LogP contribution in [0.5, 0.6) is 5.75 Å². The minimum Gasteiger partial charge on any atom is -0.508 e. The predicted molar refractivity (Wildman–Crippen MR) is 94.9 cm³/mol. The first kappa shape index (κ1) is 16.3. The predicted octanol–water partition coefficient (Wildman–Crippen LogP) is 3.10. The fourth-order valence-electron chi connectivity index (χ4n) is 2.80. The third-order valence-electron chi connectivity index (χ3n) is 4.34. The van der Waals surface area contributed by atoms with Gasteiger partial charge in [0.1, 0.15) is 5.75 Å². The third-order valence-corrected chi connectivity index (χ3v) is 4.67. The normalized spacial score (nSPS) is 20.9. The average molecular weight is 344 g/mol. The number of guanidine groups is 1. The van der Waals surface area contributed by atoms with Crippen molar-refractivity contribution in [2.24, 2.45) is 10.7 Å². The van der Waals surface area contributed by atoms with E-state index < -0.39 is 5.54 Å². The number of aliphatic imine (C=N–C) groups is 1. The highest BCUT2D eigenvalue weighted by Crippen LogP contribution is 2.37. The van der Waals surface area contributed by atoms with Gasteiger partial charge in [0.25, 0.3) is 0 Å². The highest BCUT2D eigenvalue weighted by Gasteiger charge is 2.36. The van der Waals surface area contributed by atoms with Crippen LogP contribution < -0.4 is 5.73 Å². The molecule has 124 valence electrons. The number of halogens is 1. The molecule has 3 N–H and O–H groups in total.